The van der Waals surface area contributed by atoms with E-state index in [4.69, 9.17) is 0 Å². The van der Waals surface area contributed by atoms with E-state index in [2.05, 4.69) is 26.1 Å². The summed E-state index contributed by atoms with van der Waals surface area (Å²) in [4.78, 5) is 24.2. The molecule has 0 saturated heterocycles. The zero-order valence-electron chi connectivity index (χ0n) is 13.9. The number of rotatable bonds is 3. The van der Waals surface area contributed by atoms with Crippen molar-refractivity contribution < 1.29 is 14.7 Å². The molecule has 3 aliphatic rings. The van der Waals surface area contributed by atoms with Crippen molar-refractivity contribution >= 4 is 11.9 Å². The summed E-state index contributed by atoms with van der Waals surface area (Å²) in [5, 5.41) is 14.6. The van der Waals surface area contributed by atoms with Gasteiger partial charge in [-0.3, -0.25) is 4.79 Å². The standard InChI is InChI=1S/C18H29NO3/c1-10-6-13(9-18(2,3)8-10)19-16(20)14-11-4-5-12(7-11)15(14)17(21)22/h10-15H,4-9H2,1-3H3,(H,19,20)(H,21,22)/p-1/t10-,11+,12+,13+,14-,15+/m1/s1. The molecule has 2 bridgehead atoms. The highest BCUT2D eigenvalue weighted by molar-refractivity contribution is 5.85. The molecule has 22 heavy (non-hydrogen) atoms. The SMILES string of the molecule is C[C@@H]1C[C@H](NC(=O)[C@@H]2[C@H]3CC[C@@H](C3)[C@@H]2C(=O)[O-])CC(C)(C)C1. The second-order valence-electron chi connectivity index (χ2n) is 8.82. The highest BCUT2D eigenvalue weighted by atomic mass is 16.4. The average Bonchev–Trinajstić information content (AvgIpc) is 2.95. The van der Waals surface area contributed by atoms with E-state index in [1.807, 2.05) is 0 Å². The lowest BCUT2D eigenvalue weighted by atomic mass is 9.70. The van der Waals surface area contributed by atoms with Crippen LogP contribution in [0.1, 0.15) is 59.3 Å². The summed E-state index contributed by atoms with van der Waals surface area (Å²) in [6.07, 6.45) is 6.02. The summed E-state index contributed by atoms with van der Waals surface area (Å²) >= 11 is 0. The fourth-order valence-corrected chi connectivity index (χ4v) is 5.76. The van der Waals surface area contributed by atoms with Gasteiger partial charge in [-0.25, -0.2) is 0 Å². The maximum Gasteiger partial charge on any atom is 0.224 e. The first-order chi connectivity index (χ1) is 10.3. The fraction of sp³-hybridized carbons (Fsp3) is 0.889. The zero-order valence-corrected chi connectivity index (χ0v) is 13.9. The molecular weight excluding hydrogens is 278 g/mol. The second kappa shape index (κ2) is 5.54. The van der Waals surface area contributed by atoms with Crippen LogP contribution in [0, 0.1) is 35.0 Å². The molecule has 0 aromatic heterocycles. The summed E-state index contributed by atoms with van der Waals surface area (Å²) in [5.74, 6) is -0.960. The normalized spacial score (nSPS) is 43.0. The predicted molar refractivity (Wildman–Crippen MR) is 81.5 cm³/mol. The zero-order chi connectivity index (χ0) is 16.1. The Kier molecular flexibility index (Phi) is 3.98. The molecule has 3 aliphatic carbocycles. The van der Waals surface area contributed by atoms with Crippen molar-refractivity contribution in [3.05, 3.63) is 0 Å². The molecule has 0 aromatic carbocycles. The molecule has 1 N–H and O–H groups in total. The van der Waals surface area contributed by atoms with Crippen molar-refractivity contribution in [3.8, 4) is 0 Å². The van der Waals surface area contributed by atoms with Gasteiger partial charge in [0.2, 0.25) is 5.91 Å². The van der Waals surface area contributed by atoms with Gasteiger partial charge in [0.25, 0.3) is 0 Å². The van der Waals surface area contributed by atoms with E-state index in [9.17, 15) is 14.7 Å². The minimum atomic E-state index is -1.02. The number of hydrogen-bond donors (Lipinski definition) is 1. The van der Waals surface area contributed by atoms with E-state index in [1.165, 1.54) is 6.42 Å². The van der Waals surface area contributed by atoms with Crippen molar-refractivity contribution in [2.45, 2.75) is 65.3 Å². The van der Waals surface area contributed by atoms with Gasteiger partial charge in [-0.05, 0) is 61.7 Å². The predicted octanol–water partition coefficient (Wildman–Crippen LogP) is 1.73. The molecule has 0 aromatic rings. The molecule has 0 spiro atoms. The minimum Gasteiger partial charge on any atom is -0.550 e. The van der Waals surface area contributed by atoms with Crippen molar-refractivity contribution in [2.24, 2.45) is 35.0 Å². The quantitative estimate of drug-likeness (QED) is 0.863. The Labute approximate surface area is 133 Å². The molecule has 4 heteroatoms. The first kappa shape index (κ1) is 15.8. The summed E-state index contributed by atoms with van der Waals surface area (Å²) in [6, 6.07) is 0.188. The summed E-state index contributed by atoms with van der Waals surface area (Å²) < 4.78 is 0. The largest absolute Gasteiger partial charge is 0.550 e. The van der Waals surface area contributed by atoms with Crippen molar-refractivity contribution in [2.75, 3.05) is 0 Å². The van der Waals surface area contributed by atoms with Gasteiger partial charge in [-0.2, -0.15) is 0 Å². The number of carbonyl (C=O) groups is 2. The van der Waals surface area contributed by atoms with E-state index in [1.54, 1.807) is 0 Å². The summed E-state index contributed by atoms with van der Waals surface area (Å²) in [7, 11) is 0. The van der Waals surface area contributed by atoms with Gasteiger partial charge < -0.3 is 15.2 Å². The third-order valence-corrected chi connectivity index (χ3v) is 6.22. The molecule has 6 atom stereocenters. The first-order valence-electron chi connectivity index (χ1n) is 8.78. The van der Waals surface area contributed by atoms with Crippen LogP contribution < -0.4 is 10.4 Å². The van der Waals surface area contributed by atoms with Crippen LogP contribution in [0.5, 0.6) is 0 Å². The Morgan fingerprint density at radius 3 is 2.27 bits per heavy atom. The number of fused-ring (bicyclic) bond motifs is 2. The van der Waals surface area contributed by atoms with Crippen LogP contribution in [-0.2, 0) is 9.59 Å². The van der Waals surface area contributed by atoms with E-state index < -0.39 is 11.9 Å². The molecule has 4 nitrogen and oxygen atoms in total. The molecule has 0 heterocycles. The number of hydrogen-bond acceptors (Lipinski definition) is 3. The van der Waals surface area contributed by atoms with Gasteiger partial charge in [0.1, 0.15) is 0 Å². The Balaban J connectivity index is 1.68. The molecule has 3 saturated carbocycles. The Hall–Kier alpha value is -1.06. The monoisotopic (exact) mass is 306 g/mol. The Bertz CT molecular complexity index is 473. The third-order valence-electron chi connectivity index (χ3n) is 6.22. The minimum absolute atomic E-state index is 0.0312. The lowest BCUT2D eigenvalue weighted by Crippen LogP contribution is -2.50. The topological polar surface area (TPSA) is 69.2 Å². The van der Waals surface area contributed by atoms with Crippen LogP contribution in [0.2, 0.25) is 0 Å². The van der Waals surface area contributed by atoms with E-state index >= 15 is 0 Å². The van der Waals surface area contributed by atoms with Gasteiger partial charge in [0.05, 0.1) is 0 Å². The Morgan fingerprint density at radius 2 is 1.68 bits per heavy atom. The highest BCUT2D eigenvalue weighted by Gasteiger charge is 2.51. The fourth-order valence-electron chi connectivity index (χ4n) is 5.76. The molecule has 0 aliphatic heterocycles. The van der Waals surface area contributed by atoms with Gasteiger partial charge in [0, 0.05) is 23.8 Å². The first-order valence-corrected chi connectivity index (χ1v) is 8.78. The average molecular weight is 306 g/mol. The number of amides is 1. The molecular formula is C18H28NO3-. The van der Waals surface area contributed by atoms with Gasteiger partial charge in [0.15, 0.2) is 0 Å². The lowest BCUT2D eigenvalue weighted by molar-refractivity contribution is -0.314. The maximum atomic E-state index is 12.7. The number of carbonyl (C=O) groups excluding carboxylic acids is 2. The molecule has 0 unspecified atom stereocenters. The number of carboxylic acids is 1. The van der Waals surface area contributed by atoms with Crippen LogP contribution in [0.25, 0.3) is 0 Å². The smallest absolute Gasteiger partial charge is 0.224 e. The van der Waals surface area contributed by atoms with Gasteiger partial charge in [-0.15, -0.1) is 0 Å². The lowest BCUT2D eigenvalue weighted by Gasteiger charge is -2.40. The molecule has 124 valence electrons. The van der Waals surface area contributed by atoms with E-state index in [0.29, 0.717) is 5.92 Å². The van der Waals surface area contributed by atoms with Crippen LogP contribution in [0.3, 0.4) is 0 Å². The van der Waals surface area contributed by atoms with Crippen LogP contribution in [0.4, 0.5) is 0 Å². The molecule has 3 fully saturated rings. The highest BCUT2D eigenvalue weighted by Crippen LogP contribution is 2.52. The Morgan fingerprint density at radius 1 is 1.05 bits per heavy atom. The van der Waals surface area contributed by atoms with Crippen LogP contribution >= 0.6 is 0 Å². The van der Waals surface area contributed by atoms with Crippen molar-refractivity contribution in [1.82, 2.24) is 5.32 Å². The van der Waals surface area contributed by atoms with Crippen LogP contribution in [-0.4, -0.2) is 17.9 Å². The number of aliphatic carboxylic acids is 1. The van der Waals surface area contributed by atoms with Gasteiger partial charge >= 0.3 is 0 Å². The summed E-state index contributed by atoms with van der Waals surface area (Å²) in [6.45, 7) is 6.74. The van der Waals surface area contributed by atoms with E-state index in [0.717, 1.165) is 32.1 Å². The van der Waals surface area contributed by atoms with Gasteiger partial charge in [-0.1, -0.05) is 20.8 Å². The molecule has 3 rings (SSSR count). The molecule has 0 radical (unpaired) electrons. The molecule has 1 amide bonds. The maximum absolute atomic E-state index is 12.7. The van der Waals surface area contributed by atoms with E-state index in [-0.39, 0.29) is 35.1 Å². The van der Waals surface area contributed by atoms with Crippen molar-refractivity contribution in [1.29, 1.82) is 0 Å². The third kappa shape index (κ3) is 2.89. The number of carboxylic acid groups (broad SMARTS) is 1. The number of nitrogens with one attached hydrogen (secondary N) is 1. The van der Waals surface area contributed by atoms with Crippen LogP contribution in [0.15, 0.2) is 0 Å². The summed E-state index contributed by atoms with van der Waals surface area (Å²) in [5.41, 5.74) is 0.248. The van der Waals surface area contributed by atoms with Crippen molar-refractivity contribution in [3.63, 3.8) is 0 Å². The second-order valence-corrected chi connectivity index (χ2v) is 8.82.